The fourth-order valence-corrected chi connectivity index (χ4v) is 1.62. The van der Waals surface area contributed by atoms with Crippen molar-refractivity contribution in [1.82, 2.24) is 4.90 Å². The second-order valence-corrected chi connectivity index (χ2v) is 3.62. The Morgan fingerprint density at radius 2 is 2.47 bits per heavy atom. The van der Waals surface area contributed by atoms with Crippen LogP contribution in [0, 0.1) is 5.92 Å². The van der Waals surface area contributed by atoms with E-state index in [1.165, 1.54) is 4.90 Å². The average Bonchev–Trinajstić information content (AvgIpc) is 2.56. The number of carbonyl (C=O) groups is 1. The van der Waals surface area contributed by atoms with E-state index in [4.69, 9.17) is 10.6 Å². The molecule has 7 nitrogen and oxygen atoms in total. The highest BCUT2D eigenvalue weighted by atomic mass is 16.3. The Balaban J connectivity index is 2.42. The zero-order valence-electron chi connectivity index (χ0n) is 8.28. The standard InChI is InChI=1S/C8H14N4O3/c9-11-10-2-6-1-8(15)12(3-6)4-7(14)5-13/h6-7,13-14H,1-5H2. The number of likely N-dealkylation sites (tertiary alicyclic amines) is 1. The molecule has 0 aliphatic carbocycles. The molecular formula is C8H14N4O3. The molecular weight excluding hydrogens is 200 g/mol. The molecule has 1 heterocycles. The molecule has 2 atom stereocenters. The summed E-state index contributed by atoms with van der Waals surface area (Å²) in [7, 11) is 0. The minimum absolute atomic E-state index is 0.0271. The Labute approximate surface area is 86.9 Å². The van der Waals surface area contributed by atoms with Crippen molar-refractivity contribution >= 4 is 5.91 Å². The Morgan fingerprint density at radius 3 is 3.07 bits per heavy atom. The molecule has 1 fully saturated rings. The van der Waals surface area contributed by atoms with Crippen molar-refractivity contribution < 1.29 is 15.0 Å². The van der Waals surface area contributed by atoms with Crippen LogP contribution in [0.2, 0.25) is 0 Å². The van der Waals surface area contributed by atoms with Crippen molar-refractivity contribution in [3.63, 3.8) is 0 Å². The highest BCUT2D eigenvalue weighted by Gasteiger charge is 2.29. The summed E-state index contributed by atoms with van der Waals surface area (Å²) in [6.45, 7) is 0.565. The van der Waals surface area contributed by atoms with Gasteiger partial charge in [0, 0.05) is 31.0 Å². The van der Waals surface area contributed by atoms with E-state index in [2.05, 4.69) is 10.0 Å². The molecule has 1 saturated heterocycles. The van der Waals surface area contributed by atoms with Crippen molar-refractivity contribution in [2.24, 2.45) is 11.0 Å². The van der Waals surface area contributed by atoms with Gasteiger partial charge in [-0.15, -0.1) is 0 Å². The van der Waals surface area contributed by atoms with Gasteiger partial charge in [-0.2, -0.15) is 0 Å². The summed E-state index contributed by atoms with van der Waals surface area (Å²) < 4.78 is 0. The van der Waals surface area contributed by atoms with Gasteiger partial charge in [-0.05, 0) is 11.4 Å². The van der Waals surface area contributed by atoms with Gasteiger partial charge in [0.05, 0.1) is 12.7 Å². The Hall–Kier alpha value is -1.30. The summed E-state index contributed by atoms with van der Waals surface area (Å²) in [6.07, 6.45) is -0.552. The van der Waals surface area contributed by atoms with E-state index in [1.807, 2.05) is 0 Å². The van der Waals surface area contributed by atoms with Gasteiger partial charge in [-0.1, -0.05) is 5.11 Å². The Kier molecular flexibility index (Phi) is 4.36. The van der Waals surface area contributed by atoms with Crippen molar-refractivity contribution in [2.75, 3.05) is 26.2 Å². The molecule has 15 heavy (non-hydrogen) atoms. The number of azide groups is 1. The van der Waals surface area contributed by atoms with Gasteiger partial charge in [0.1, 0.15) is 0 Å². The molecule has 1 amide bonds. The van der Waals surface area contributed by atoms with Gasteiger partial charge < -0.3 is 15.1 Å². The number of aliphatic hydroxyl groups is 2. The number of carbonyl (C=O) groups excluding carboxylic acids is 1. The van der Waals surface area contributed by atoms with Gasteiger partial charge in [-0.25, -0.2) is 0 Å². The molecule has 7 heteroatoms. The number of nitrogens with zero attached hydrogens (tertiary/aromatic N) is 4. The molecule has 2 unspecified atom stereocenters. The van der Waals surface area contributed by atoms with Crippen LogP contribution in [-0.4, -0.2) is 53.4 Å². The van der Waals surface area contributed by atoms with Crippen LogP contribution < -0.4 is 0 Å². The number of hydrogen-bond donors (Lipinski definition) is 2. The first-order valence-corrected chi connectivity index (χ1v) is 4.75. The quantitative estimate of drug-likeness (QED) is 0.365. The lowest BCUT2D eigenvalue weighted by Gasteiger charge is -2.18. The lowest BCUT2D eigenvalue weighted by Crippen LogP contribution is -2.35. The van der Waals surface area contributed by atoms with Crippen molar-refractivity contribution in [3.8, 4) is 0 Å². The average molecular weight is 214 g/mol. The van der Waals surface area contributed by atoms with Gasteiger partial charge >= 0.3 is 0 Å². The maximum absolute atomic E-state index is 11.4. The third kappa shape index (κ3) is 3.39. The number of rotatable bonds is 5. The van der Waals surface area contributed by atoms with Gasteiger partial charge in [0.2, 0.25) is 5.91 Å². The van der Waals surface area contributed by atoms with Crippen LogP contribution in [0.3, 0.4) is 0 Å². The summed E-state index contributed by atoms with van der Waals surface area (Å²) in [4.78, 5) is 15.5. The molecule has 1 aliphatic rings. The summed E-state index contributed by atoms with van der Waals surface area (Å²) in [5.41, 5.74) is 8.13. The SMILES string of the molecule is [N-]=[N+]=NCC1CC(=O)N(CC(O)CO)C1. The fourth-order valence-electron chi connectivity index (χ4n) is 1.62. The molecule has 0 saturated carbocycles. The number of β-amino-alcohol motifs (C(OH)–C–C–N with tert-alkyl or cyclic N) is 1. The minimum atomic E-state index is -0.896. The summed E-state index contributed by atoms with van der Waals surface area (Å²) in [5.74, 6) is -0.0417. The first-order valence-electron chi connectivity index (χ1n) is 4.75. The maximum atomic E-state index is 11.4. The van der Waals surface area contributed by atoms with E-state index in [0.717, 1.165) is 0 Å². The van der Waals surface area contributed by atoms with Crippen LogP contribution >= 0.6 is 0 Å². The zero-order valence-corrected chi connectivity index (χ0v) is 8.28. The highest BCUT2D eigenvalue weighted by Crippen LogP contribution is 2.18. The van der Waals surface area contributed by atoms with Gasteiger partial charge in [0.25, 0.3) is 0 Å². The lowest BCUT2D eigenvalue weighted by atomic mass is 10.1. The second kappa shape index (κ2) is 5.55. The summed E-state index contributed by atoms with van der Waals surface area (Å²) in [6, 6.07) is 0. The monoisotopic (exact) mass is 214 g/mol. The number of hydrogen-bond acceptors (Lipinski definition) is 4. The fraction of sp³-hybridized carbons (Fsp3) is 0.875. The number of aliphatic hydroxyl groups excluding tert-OH is 2. The maximum Gasteiger partial charge on any atom is 0.223 e. The molecule has 2 N–H and O–H groups in total. The first-order chi connectivity index (χ1) is 7.17. The lowest BCUT2D eigenvalue weighted by molar-refractivity contribution is -0.129. The van der Waals surface area contributed by atoms with Crippen molar-refractivity contribution in [1.29, 1.82) is 0 Å². The van der Waals surface area contributed by atoms with Gasteiger partial charge in [0.15, 0.2) is 0 Å². The molecule has 1 aliphatic heterocycles. The predicted molar refractivity (Wildman–Crippen MR) is 51.8 cm³/mol. The van der Waals surface area contributed by atoms with Crippen LogP contribution in [0.1, 0.15) is 6.42 Å². The van der Waals surface area contributed by atoms with Crippen LogP contribution in [0.5, 0.6) is 0 Å². The first kappa shape index (κ1) is 11.8. The zero-order chi connectivity index (χ0) is 11.3. The Bertz CT molecular complexity index is 277. The number of amides is 1. The van der Waals surface area contributed by atoms with Crippen LogP contribution in [0.4, 0.5) is 0 Å². The highest BCUT2D eigenvalue weighted by molar-refractivity contribution is 5.78. The van der Waals surface area contributed by atoms with E-state index >= 15 is 0 Å². The van der Waals surface area contributed by atoms with Crippen LogP contribution in [0.25, 0.3) is 10.4 Å². The normalized spacial score (nSPS) is 22.7. The molecule has 1 rings (SSSR count). The minimum Gasteiger partial charge on any atom is -0.394 e. The van der Waals surface area contributed by atoms with E-state index in [9.17, 15) is 9.90 Å². The second-order valence-electron chi connectivity index (χ2n) is 3.62. The third-order valence-electron chi connectivity index (χ3n) is 2.34. The van der Waals surface area contributed by atoms with Crippen LogP contribution in [0.15, 0.2) is 5.11 Å². The summed E-state index contributed by atoms with van der Waals surface area (Å²) >= 11 is 0. The molecule has 0 spiro atoms. The van der Waals surface area contributed by atoms with Crippen LogP contribution in [-0.2, 0) is 4.79 Å². The molecule has 0 aromatic carbocycles. The predicted octanol–water partition coefficient (Wildman–Crippen LogP) is -0.502. The van der Waals surface area contributed by atoms with E-state index < -0.39 is 6.10 Å². The molecule has 0 aromatic rings. The Morgan fingerprint density at radius 1 is 1.73 bits per heavy atom. The third-order valence-corrected chi connectivity index (χ3v) is 2.34. The topological polar surface area (TPSA) is 110 Å². The largest absolute Gasteiger partial charge is 0.394 e. The van der Waals surface area contributed by atoms with E-state index in [-0.39, 0.29) is 25.0 Å². The van der Waals surface area contributed by atoms with E-state index in [1.54, 1.807) is 0 Å². The summed E-state index contributed by atoms with van der Waals surface area (Å²) in [5, 5.41) is 21.2. The molecule has 0 bridgehead atoms. The molecule has 84 valence electrons. The van der Waals surface area contributed by atoms with E-state index in [0.29, 0.717) is 19.5 Å². The molecule has 0 aromatic heterocycles. The van der Waals surface area contributed by atoms with Gasteiger partial charge in [-0.3, -0.25) is 4.79 Å². The molecule has 0 radical (unpaired) electrons. The smallest absolute Gasteiger partial charge is 0.223 e. The van der Waals surface area contributed by atoms with Crippen molar-refractivity contribution in [2.45, 2.75) is 12.5 Å². The van der Waals surface area contributed by atoms with Crippen molar-refractivity contribution in [3.05, 3.63) is 10.4 Å².